The summed E-state index contributed by atoms with van der Waals surface area (Å²) in [5, 5.41) is 10.7. The van der Waals surface area contributed by atoms with Crippen LogP contribution in [-0.2, 0) is 21.4 Å². The van der Waals surface area contributed by atoms with Crippen molar-refractivity contribution in [2.75, 3.05) is 0 Å². The van der Waals surface area contributed by atoms with Crippen LogP contribution in [-0.4, -0.2) is 17.4 Å². The normalized spacial score (nSPS) is 12.9. The first kappa shape index (κ1) is 20.8. The molecule has 148 valence electrons. The van der Waals surface area contributed by atoms with E-state index < -0.39 is 11.4 Å². The van der Waals surface area contributed by atoms with E-state index in [1.807, 2.05) is 78.9 Å². The van der Waals surface area contributed by atoms with Crippen molar-refractivity contribution in [2.24, 2.45) is 0 Å². The second-order valence-corrected chi connectivity index (χ2v) is 7.62. The molecule has 0 fully saturated rings. The standard InChI is InChI=1S/C25H23ClO3/c26-23-14-10-21(11-15-23)20-8-12-22(13-9-20)25(17-18-27,24(28)29)16-4-7-19-5-2-1-3-6-19/h1-3,5-6,8-15,18H,4,7,16-17H2,(H,28,29)/t25-/m1/s1. The van der Waals surface area contributed by atoms with Crippen molar-refractivity contribution in [1.29, 1.82) is 0 Å². The summed E-state index contributed by atoms with van der Waals surface area (Å²) >= 11 is 5.95. The number of carbonyl (C=O) groups is 2. The SMILES string of the molecule is O=CC[C@@](CCCc1ccccc1)(C(=O)O)c1ccc(-c2ccc(Cl)cc2)cc1. The van der Waals surface area contributed by atoms with Crippen LogP contribution in [0.5, 0.6) is 0 Å². The Morgan fingerprint density at radius 3 is 2.03 bits per heavy atom. The van der Waals surface area contributed by atoms with E-state index in [2.05, 4.69) is 0 Å². The van der Waals surface area contributed by atoms with Gasteiger partial charge in [-0.25, -0.2) is 0 Å². The van der Waals surface area contributed by atoms with Crippen LogP contribution in [0, 0.1) is 0 Å². The van der Waals surface area contributed by atoms with Gasteiger partial charge in [0.1, 0.15) is 6.29 Å². The quantitative estimate of drug-likeness (QED) is 0.447. The molecule has 0 aromatic heterocycles. The van der Waals surface area contributed by atoms with Gasteiger partial charge in [-0.15, -0.1) is 0 Å². The maximum absolute atomic E-state index is 12.3. The van der Waals surface area contributed by atoms with Crippen LogP contribution in [0.3, 0.4) is 0 Å². The molecule has 4 heteroatoms. The van der Waals surface area contributed by atoms with Crippen LogP contribution in [0.1, 0.15) is 30.4 Å². The van der Waals surface area contributed by atoms with Gasteiger partial charge < -0.3 is 9.90 Å². The summed E-state index contributed by atoms with van der Waals surface area (Å²) in [4.78, 5) is 23.6. The summed E-state index contributed by atoms with van der Waals surface area (Å²) in [6.45, 7) is 0. The lowest BCUT2D eigenvalue weighted by Gasteiger charge is -2.28. The van der Waals surface area contributed by atoms with Gasteiger partial charge >= 0.3 is 5.97 Å². The summed E-state index contributed by atoms with van der Waals surface area (Å²) in [6.07, 6.45) is 2.53. The monoisotopic (exact) mass is 406 g/mol. The predicted octanol–water partition coefficient (Wildman–Crippen LogP) is 5.94. The maximum Gasteiger partial charge on any atom is 0.314 e. The van der Waals surface area contributed by atoms with Gasteiger partial charge in [0, 0.05) is 11.4 Å². The number of rotatable bonds is 9. The van der Waals surface area contributed by atoms with Crippen molar-refractivity contribution < 1.29 is 14.7 Å². The first-order chi connectivity index (χ1) is 14.0. The lowest BCUT2D eigenvalue weighted by molar-refractivity contribution is -0.145. The molecule has 0 heterocycles. The van der Waals surface area contributed by atoms with E-state index in [-0.39, 0.29) is 6.42 Å². The number of carbonyl (C=O) groups excluding carboxylic acids is 1. The minimum atomic E-state index is -1.21. The molecule has 3 nitrogen and oxygen atoms in total. The van der Waals surface area contributed by atoms with Crippen LogP contribution in [0.2, 0.25) is 5.02 Å². The Morgan fingerprint density at radius 2 is 1.48 bits per heavy atom. The summed E-state index contributed by atoms with van der Waals surface area (Å²) in [7, 11) is 0. The Kier molecular flexibility index (Phi) is 6.84. The minimum absolute atomic E-state index is 0.0442. The van der Waals surface area contributed by atoms with Crippen molar-refractivity contribution in [3.8, 4) is 11.1 Å². The molecule has 0 radical (unpaired) electrons. The van der Waals surface area contributed by atoms with Crippen LogP contribution >= 0.6 is 11.6 Å². The fourth-order valence-corrected chi connectivity index (χ4v) is 3.81. The highest BCUT2D eigenvalue weighted by atomic mass is 35.5. The minimum Gasteiger partial charge on any atom is -0.481 e. The molecule has 0 aliphatic rings. The van der Waals surface area contributed by atoms with Crippen LogP contribution in [0.25, 0.3) is 11.1 Å². The predicted molar refractivity (Wildman–Crippen MR) is 116 cm³/mol. The fraction of sp³-hybridized carbons (Fsp3) is 0.200. The topological polar surface area (TPSA) is 54.4 Å². The average molecular weight is 407 g/mol. The first-order valence-corrected chi connectivity index (χ1v) is 10.0. The van der Waals surface area contributed by atoms with Gasteiger partial charge in [0.05, 0.1) is 5.41 Å². The number of hydrogen-bond donors (Lipinski definition) is 1. The zero-order valence-corrected chi connectivity index (χ0v) is 16.8. The number of hydrogen-bond acceptors (Lipinski definition) is 2. The third-order valence-corrected chi connectivity index (χ3v) is 5.62. The van der Waals surface area contributed by atoms with Gasteiger partial charge in [-0.3, -0.25) is 4.79 Å². The smallest absolute Gasteiger partial charge is 0.314 e. The first-order valence-electron chi connectivity index (χ1n) is 9.62. The summed E-state index contributed by atoms with van der Waals surface area (Å²) in [5.74, 6) is -0.961. The van der Waals surface area contributed by atoms with Gasteiger partial charge in [-0.2, -0.15) is 0 Å². The number of benzene rings is 3. The number of aliphatic carboxylic acids is 1. The largest absolute Gasteiger partial charge is 0.481 e. The Labute approximate surface area is 176 Å². The Morgan fingerprint density at radius 1 is 0.897 bits per heavy atom. The van der Waals surface area contributed by atoms with Crippen molar-refractivity contribution in [2.45, 2.75) is 31.1 Å². The Balaban J connectivity index is 1.84. The molecule has 0 saturated heterocycles. The van der Waals surface area contributed by atoms with Crippen LogP contribution < -0.4 is 0 Å². The summed E-state index contributed by atoms with van der Waals surface area (Å²) in [5.41, 5.74) is 2.58. The molecule has 0 aliphatic carbocycles. The summed E-state index contributed by atoms with van der Waals surface area (Å²) < 4.78 is 0. The van der Waals surface area contributed by atoms with Gasteiger partial charge in [-0.05, 0) is 53.6 Å². The molecular formula is C25H23ClO3. The number of aryl methyl sites for hydroxylation is 1. The highest BCUT2D eigenvalue weighted by Gasteiger charge is 2.39. The number of halogens is 1. The highest BCUT2D eigenvalue weighted by molar-refractivity contribution is 6.30. The summed E-state index contributed by atoms with van der Waals surface area (Å²) in [6, 6.07) is 24.9. The zero-order valence-electron chi connectivity index (χ0n) is 16.1. The maximum atomic E-state index is 12.3. The molecular weight excluding hydrogens is 384 g/mol. The fourth-order valence-electron chi connectivity index (χ4n) is 3.69. The van der Waals surface area contributed by atoms with Gasteiger partial charge in [0.2, 0.25) is 0 Å². The molecule has 3 aromatic rings. The van der Waals surface area contributed by atoms with E-state index >= 15 is 0 Å². The second-order valence-electron chi connectivity index (χ2n) is 7.18. The number of carboxylic acid groups (broad SMARTS) is 1. The van der Waals surface area contributed by atoms with E-state index in [1.54, 1.807) is 0 Å². The van der Waals surface area contributed by atoms with E-state index in [9.17, 15) is 14.7 Å². The lowest BCUT2D eigenvalue weighted by Crippen LogP contribution is -2.36. The molecule has 0 bridgehead atoms. The zero-order chi connectivity index (χ0) is 20.7. The Bertz CT molecular complexity index is 950. The third kappa shape index (κ3) is 4.93. The van der Waals surface area contributed by atoms with Crippen LogP contribution in [0.15, 0.2) is 78.9 Å². The van der Waals surface area contributed by atoms with E-state index in [1.165, 1.54) is 0 Å². The molecule has 3 rings (SSSR count). The van der Waals surface area contributed by atoms with Crippen molar-refractivity contribution >= 4 is 23.9 Å². The van der Waals surface area contributed by atoms with E-state index in [0.717, 1.165) is 23.1 Å². The molecule has 0 saturated carbocycles. The Hall–Kier alpha value is -2.91. The van der Waals surface area contributed by atoms with E-state index in [4.69, 9.17) is 11.6 Å². The van der Waals surface area contributed by atoms with Crippen molar-refractivity contribution in [3.63, 3.8) is 0 Å². The molecule has 0 unspecified atom stereocenters. The van der Waals surface area contributed by atoms with E-state index in [0.29, 0.717) is 29.7 Å². The van der Waals surface area contributed by atoms with Gasteiger partial charge in [0.15, 0.2) is 0 Å². The number of carboxylic acids is 1. The average Bonchev–Trinajstić information content (AvgIpc) is 2.74. The molecule has 0 amide bonds. The van der Waals surface area contributed by atoms with Crippen LogP contribution in [0.4, 0.5) is 0 Å². The highest BCUT2D eigenvalue weighted by Crippen LogP contribution is 2.35. The molecule has 1 N–H and O–H groups in total. The third-order valence-electron chi connectivity index (χ3n) is 5.37. The molecule has 0 spiro atoms. The number of aldehydes is 1. The molecule has 0 aliphatic heterocycles. The molecule has 3 aromatic carbocycles. The van der Waals surface area contributed by atoms with Gasteiger partial charge in [-0.1, -0.05) is 78.3 Å². The van der Waals surface area contributed by atoms with Crippen molar-refractivity contribution in [3.05, 3.63) is 95.0 Å². The molecule has 29 heavy (non-hydrogen) atoms. The molecule has 1 atom stereocenters. The lowest BCUT2D eigenvalue weighted by atomic mass is 9.73. The van der Waals surface area contributed by atoms with Gasteiger partial charge in [0.25, 0.3) is 0 Å². The van der Waals surface area contributed by atoms with Crippen molar-refractivity contribution in [1.82, 2.24) is 0 Å². The second kappa shape index (κ2) is 9.53.